The molecule has 0 saturated carbocycles. The second kappa shape index (κ2) is 39.4. The van der Waals surface area contributed by atoms with Crippen LogP contribution in [0.1, 0.15) is 283 Å². The predicted octanol–water partition coefficient (Wildman–Crippen LogP) is 19.4. The maximum absolute atomic E-state index is 6.66. The van der Waals surface area contributed by atoms with Gasteiger partial charge in [0, 0.05) is 0 Å². The number of halogens is 1. The molecule has 0 heterocycles. The topological polar surface area (TPSA) is 0 Å². The van der Waals surface area contributed by atoms with E-state index in [0.717, 1.165) is 0 Å². The van der Waals surface area contributed by atoms with Gasteiger partial charge in [0.25, 0.3) is 0 Å². The Morgan fingerprint density at radius 2 is 0.340 bits per heavy atom. The van der Waals surface area contributed by atoms with Crippen LogP contribution in [0.4, 0.5) is 0 Å². The van der Waals surface area contributed by atoms with Crippen LogP contribution in [-0.4, -0.2) is 26.2 Å². The average molecular weight is 744 g/mol. The molecule has 50 heavy (non-hydrogen) atoms. The van der Waals surface area contributed by atoms with Crippen molar-refractivity contribution in [2.24, 2.45) is 0 Å². The SMILES string of the molecule is CCCCCCCCCCCCCCCCCCCCCCCCCCCCCCCCCCCCCCCCCCCCCP(C)(C)(C)Cl. The van der Waals surface area contributed by atoms with Crippen LogP contribution in [-0.2, 0) is 0 Å². The zero-order chi connectivity index (χ0) is 36.6. The molecule has 0 spiro atoms. The summed E-state index contributed by atoms with van der Waals surface area (Å²) in [5.74, 6) is -1.77. The summed E-state index contributed by atoms with van der Waals surface area (Å²) < 4.78 is 0. The molecule has 0 atom stereocenters. The van der Waals surface area contributed by atoms with Gasteiger partial charge in [-0.05, 0) is 0 Å². The Morgan fingerprint density at radius 3 is 0.460 bits per heavy atom. The Hall–Kier alpha value is 0.720. The molecule has 0 bridgehead atoms. The Labute approximate surface area is 325 Å². The fourth-order valence-corrected chi connectivity index (χ4v) is 9.62. The zero-order valence-corrected chi connectivity index (χ0v) is 37.6. The van der Waals surface area contributed by atoms with Gasteiger partial charge in [-0.2, -0.15) is 0 Å². The van der Waals surface area contributed by atoms with Gasteiger partial charge in [-0.25, -0.2) is 0 Å². The molecule has 0 aromatic rings. The molecule has 0 saturated heterocycles. The van der Waals surface area contributed by atoms with E-state index in [0.29, 0.717) is 0 Å². The van der Waals surface area contributed by atoms with Gasteiger partial charge < -0.3 is 0 Å². The monoisotopic (exact) mass is 743 g/mol. The summed E-state index contributed by atoms with van der Waals surface area (Å²) in [5, 5.41) is 0. The molecule has 0 rings (SSSR count). The van der Waals surface area contributed by atoms with E-state index in [4.69, 9.17) is 11.2 Å². The first kappa shape index (κ1) is 50.7. The minimum atomic E-state index is -1.77. The Morgan fingerprint density at radius 1 is 0.220 bits per heavy atom. The third-order valence-corrected chi connectivity index (χ3v) is 13.9. The van der Waals surface area contributed by atoms with Crippen molar-refractivity contribution in [2.45, 2.75) is 283 Å². The number of rotatable bonds is 44. The van der Waals surface area contributed by atoms with Crippen LogP contribution >= 0.6 is 17.2 Å². The first-order valence-corrected chi connectivity index (χ1v) is 28.7. The maximum atomic E-state index is 6.66. The molecule has 2 heteroatoms. The van der Waals surface area contributed by atoms with Gasteiger partial charge >= 0.3 is 114 Å². The molecule has 0 aromatic carbocycles. The molecule has 0 nitrogen and oxygen atoms in total. The van der Waals surface area contributed by atoms with Crippen molar-refractivity contribution >= 4 is 17.2 Å². The first-order valence-electron chi connectivity index (χ1n) is 24.0. The Kier molecular flexibility index (Phi) is 40.0. The molecule has 0 amide bonds. The van der Waals surface area contributed by atoms with E-state index in [1.165, 1.54) is 282 Å². The zero-order valence-electron chi connectivity index (χ0n) is 35.9. The number of unbranched alkanes of at least 4 members (excludes halogenated alkanes) is 42. The van der Waals surface area contributed by atoms with E-state index in [2.05, 4.69) is 26.9 Å². The first-order chi connectivity index (χ1) is 24.3. The molecule has 0 unspecified atom stereocenters. The molecule has 0 radical (unpaired) electrons. The second-order valence-corrected chi connectivity index (χ2v) is 28.5. The molecular formula is C48H100ClP. The Bertz CT molecular complexity index is 612. The summed E-state index contributed by atoms with van der Waals surface area (Å²) in [6.45, 7) is 9.18. The van der Waals surface area contributed by atoms with E-state index < -0.39 is 5.96 Å². The summed E-state index contributed by atoms with van der Waals surface area (Å²) in [6.07, 6.45) is 64.7. The van der Waals surface area contributed by atoms with Gasteiger partial charge in [0.1, 0.15) is 0 Å². The van der Waals surface area contributed by atoms with E-state index >= 15 is 0 Å². The van der Waals surface area contributed by atoms with Crippen molar-refractivity contribution in [2.75, 3.05) is 26.2 Å². The van der Waals surface area contributed by atoms with Gasteiger partial charge in [0.05, 0.1) is 0 Å². The molecule has 0 fully saturated rings. The van der Waals surface area contributed by atoms with Crippen molar-refractivity contribution in [1.29, 1.82) is 0 Å². The van der Waals surface area contributed by atoms with E-state index in [9.17, 15) is 0 Å². The van der Waals surface area contributed by atoms with Crippen molar-refractivity contribution in [3.05, 3.63) is 0 Å². The van der Waals surface area contributed by atoms with Crippen LogP contribution in [0.25, 0.3) is 0 Å². The van der Waals surface area contributed by atoms with Crippen LogP contribution < -0.4 is 0 Å². The van der Waals surface area contributed by atoms with Crippen molar-refractivity contribution in [3.63, 3.8) is 0 Å². The summed E-state index contributed by atoms with van der Waals surface area (Å²) in [5.41, 5.74) is 0. The van der Waals surface area contributed by atoms with Crippen molar-refractivity contribution < 1.29 is 0 Å². The molecule has 304 valence electrons. The molecule has 0 aliphatic carbocycles. The van der Waals surface area contributed by atoms with Gasteiger partial charge in [-0.1, -0.05) is 212 Å². The van der Waals surface area contributed by atoms with Crippen molar-refractivity contribution in [1.82, 2.24) is 0 Å². The van der Waals surface area contributed by atoms with Crippen LogP contribution in [0, 0.1) is 0 Å². The third-order valence-electron chi connectivity index (χ3n) is 11.5. The molecule has 0 aromatic heterocycles. The predicted molar refractivity (Wildman–Crippen MR) is 240 cm³/mol. The number of hydrogen-bond acceptors (Lipinski definition) is 0. The van der Waals surface area contributed by atoms with Crippen LogP contribution in [0.15, 0.2) is 0 Å². The molecule has 0 aliphatic heterocycles. The average Bonchev–Trinajstić information content (AvgIpc) is 3.08. The van der Waals surface area contributed by atoms with Gasteiger partial charge in [-0.3, -0.25) is 0 Å². The molecule has 0 aliphatic rings. The fourth-order valence-electron chi connectivity index (χ4n) is 7.97. The second-order valence-electron chi connectivity index (χ2n) is 18.5. The summed E-state index contributed by atoms with van der Waals surface area (Å²) in [6, 6.07) is 0. The normalized spacial score (nSPS) is 12.9. The summed E-state index contributed by atoms with van der Waals surface area (Å²) in [7, 11) is 0. The standard InChI is InChI=1S/C48H100ClP/c1-5-6-7-8-9-10-11-12-13-14-15-16-17-18-19-20-21-22-23-24-25-26-27-28-29-30-31-32-33-34-35-36-37-38-39-40-41-42-43-44-45-46-47-48-50(2,3,4)49/h5-48H2,1-4H3. The van der Waals surface area contributed by atoms with E-state index in [-0.39, 0.29) is 0 Å². The number of hydrogen-bond donors (Lipinski definition) is 0. The summed E-state index contributed by atoms with van der Waals surface area (Å²) in [4.78, 5) is 0. The fraction of sp³-hybridized carbons (Fsp3) is 1.00. The van der Waals surface area contributed by atoms with Crippen LogP contribution in [0.3, 0.4) is 0 Å². The van der Waals surface area contributed by atoms with Crippen molar-refractivity contribution in [3.8, 4) is 0 Å². The molecule has 0 N–H and O–H groups in total. The van der Waals surface area contributed by atoms with Crippen LogP contribution in [0.5, 0.6) is 0 Å². The minimum absolute atomic E-state index is 1.26. The molecular weight excluding hydrogens is 643 g/mol. The van der Waals surface area contributed by atoms with E-state index in [1.807, 2.05) is 0 Å². The van der Waals surface area contributed by atoms with Gasteiger partial charge in [-0.15, -0.1) is 0 Å². The third kappa shape index (κ3) is 48.7. The Balaban J connectivity index is 3.07. The van der Waals surface area contributed by atoms with Gasteiger partial charge in [0.15, 0.2) is 0 Å². The quantitative estimate of drug-likeness (QED) is 0.0431. The van der Waals surface area contributed by atoms with Crippen LogP contribution in [0.2, 0.25) is 0 Å². The summed E-state index contributed by atoms with van der Waals surface area (Å²) >= 11 is 6.66. The van der Waals surface area contributed by atoms with Gasteiger partial charge in [0.2, 0.25) is 0 Å². The van der Waals surface area contributed by atoms with E-state index in [1.54, 1.807) is 0 Å².